The van der Waals surface area contributed by atoms with Gasteiger partial charge in [-0.25, -0.2) is 9.48 Å². The molecular formula is C16H14N4O2. The summed E-state index contributed by atoms with van der Waals surface area (Å²) in [5, 5.41) is 13.0. The number of benzene rings is 1. The van der Waals surface area contributed by atoms with E-state index in [2.05, 4.69) is 10.1 Å². The predicted molar refractivity (Wildman–Crippen MR) is 82.0 cm³/mol. The first-order valence-electron chi connectivity index (χ1n) is 6.70. The molecule has 3 aromatic rings. The molecule has 0 saturated carbocycles. The summed E-state index contributed by atoms with van der Waals surface area (Å²) in [6, 6.07) is 11.6. The van der Waals surface area contributed by atoms with Gasteiger partial charge in [0, 0.05) is 12.4 Å². The maximum atomic E-state index is 11.0. The van der Waals surface area contributed by atoms with Crippen molar-refractivity contribution >= 4 is 11.8 Å². The molecule has 6 heteroatoms. The van der Waals surface area contributed by atoms with E-state index in [9.17, 15) is 4.79 Å². The number of carboxylic acids is 1. The molecule has 2 aromatic heterocycles. The molecule has 2 heterocycles. The Kier molecular flexibility index (Phi) is 3.57. The number of hydrogen-bond donors (Lipinski definition) is 2. The van der Waals surface area contributed by atoms with E-state index in [0.717, 1.165) is 17.7 Å². The highest BCUT2D eigenvalue weighted by atomic mass is 16.4. The molecule has 1 aromatic carbocycles. The Morgan fingerprint density at radius 1 is 1.09 bits per heavy atom. The van der Waals surface area contributed by atoms with Crippen molar-refractivity contribution in [3.63, 3.8) is 0 Å². The Balaban J connectivity index is 1.84. The van der Waals surface area contributed by atoms with Crippen molar-refractivity contribution in [3.05, 3.63) is 71.7 Å². The number of aromatic nitrogens is 3. The Labute approximate surface area is 126 Å². The minimum Gasteiger partial charge on any atom is -0.477 e. The van der Waals surface area contributed by atoms with Crippen molar-refractivity contribution < 1.29 is 9.90 Å². The molecule has 0 bridgehead atoms. The summed E-state index contributed by atoms with van der Waals surface area (Å²) in [4.78, 5) is 15.0. The summed E-state index contributed by atoms with van der Waals surface area (Å²) in [7, 11) is 0. The van der Waals surface area contributed by atoms with Crippen LogP contribution in [0.4, 0.5) is 5.82 Å². The average molecular weight is 294 g/mol. The molecule has 0 saturated heterocycles. The van der Waals surface area contributed by atoms with Crippen LogP contribution in [0, 0.1) is 0 Å². The first-order valence-corrected chi connectivity index (χ1v) is 6.70. The van der Waals surface area contributed by atoms with Gasteiger partial charge in [0.1, 0.15) is 11.4 Å². The first-order chi connectivity index (χ1) is 10.6. The number of carboxylic acid groups (broad SMARTS) is 1. The largest absolute Gasteiger partial charge is 0.477 e. The van der Waals surface area contributed by atoms with Gasteiger partial charge in [-0.1, -0.05) is 12.1 Å². The zero-order chi connectivity index (χ0) is 15.5. The van der Waals surface area contributed by atoms with Crippen LogP contribution >= 0.6 is 0 Å². The minimum absolute atomic E-state index is 0.000798. The van der Waals surface area contributed by atoms with Gasteiger partial charge in [0.2, 0.25) is 0 Å². The summed E-state index contributed by atoms with van der Waals surface area (Å²) < 4.78 is 1.42. The molecule has 3 rings (SSSR count). The molecule has 110 valence electrons. The van der Waals surface area contributed by atoms with Crippen molar-refractivity contribution in [3.8, 4) is 5.69 Å². The fourth-order valence-corrected chi connectivity index (χ4v) is 2.22. The first kappa shape index (κ1) is 13.8. The van der Waals surface area contributed by atoms with E-state index in [1.54, 1.807) is 12.4 Å². The Bertz CT molecular complexity index is 795. The normalized spacial score (nSPS) is 10.5. The van der Waals surface area contributed by atoms with Crippen LogP contribution in [-0.4, -0.2) is 25.8 Å². The number of nitrogens with two attached hydrogens (primary N) is 1. The van der Waals surface area contributed by atoms with Crippen LogP contribution in [0.25, 0.3) is 5.69 Å². The van der Waals surface area contributed by atoms with Gasteiger partial charge in [-0.15, -0.1) is 0 Å². The van der Waals surface area contributed by atoms with Gasteiger partial charge in [-0.2, -0.15) is 5.10 Å². The predicted octanol–water partition coefficient (Wildman–Crippen LogP) is 2.14. The van der Waals surface area contributed by atoms with Crippen LogP contribution in [0.2, 0.25) is 0 Å². The molecule has 0 fully saturated rings. The van der Waals surface area contributed by atoms with Crippen LogP contribution < -0.4 is 5.73 Å². The van der Waals surface area contributed by atoms with Gasteiger partial charge in [-0.3, -0.25) is 4.98 Å². The molecule has 0 unspecified atom stereocenters. The van der Waals surface area contributed by atoms with Crippen LogP contribution in [0.3, 0.4) is 0 Å². The van der Waals surface area contributed by atoms with E-state index >= 15 is 0 Å². The molecule has 0 radical (unpaired) electrons. The molecule has 0 atom stereocenters. The Hall–Kier alpha value is -3.15. The molecule has 0 spiro atoms. The zero-order valence-corrected chi connectivity index (χ0v) is 11.7. The lowest BCUT2D eigenvalue weighted by Crippen LogP contribution is -2.05. The highest BCUT2D eigenvalue weighted by Gasteiger charge is 2.14. The van der Waals surface area contributed by atoms with Crippen molar-refractivity contribution in [2.24, 2.45) is 0 Å². The van der Waals surface area contributed by atoms with Crippen molar-refractivity contribution in [1.82, 2.24) is 14.8 Å². The molecule has 22 heavy (non-hydrogen) atoms. The van der Waals surface area contributed by atoms with Gasteiger partial charge in [0.25, 0.3) is 0 Å². The summed E-state index contributed by atoms with van der Waals surface area (Å²) in [5.74, 6) is -0.965. The maximum absolute atomic E-state index is 11.0. The number of nitrogen functional groups attached to an aromatic ring is 1. The van der Waals surface area contributed by atoms with Gasteiger partial charge in [0.15, 0.2) is 0 Å². The summed E-state index contributed by atoms with van der Waals surface area (Å²) in [6.45, 7) is 0. The second kappa shape index (κ2) is 5.69. The average Bonchev–Trinajstić information content (AvgIpc) is 2.91. The van der Waals surface area contributed by atoms with Gasteiger partial charge in [0.05, 0.1) is 11.9 Å². The topological polar surface area (TPSA) is 94.0 Å². The number of nitrogens with zero attached hydrogens (tertiary/aromatic N) is 3. The number of pyridine rings is 1. The molecule has 3 N–H and O–H groups in total. The van der Waals surface area contributed by atoms with Crippen molar-refractivity contribution in [2.75, 3.05) is 5.73 Å². The van der Waals surface area contributed by atoms with Crippen LogP contribution in [0.5, 0.6) is 0 Å². The lowest BCUT2D eigenvalue weighted by Gasteiger charge is -2.06. The van der Waals surface area contributed by atoms with Crippen LogP contribution in [-0.2, 0) is 6.42 Å². The van der Waals surface area contributed by atoms with Crippen LogP contribution in [0.1, 0.15) is 21.5 Å². The van der Waals surface area contributed by atoms with Crippen molar-refractivity contribution in [1.29, 1.82) is 0 Å². The second-order valence-corrected chi connectivity index (χ2v) is 4.86. The maximum Gasteiger partial charge on any atom is 0.341 e. The zero-order valence-electron chi connectivity index (χ0n) is 11.7. The van der Waals surface area contributed by atoms with E-state index in [1.807, 2.05) is 36.4 Å². The van der Waals surface area contributed by atoms with E-state index < -0.39 is 5.97 Å². The standard InChI is InChI=1S/C16H14N4O2/c17-15-14(16(21)22)10-19-20(15)13-3-1-11(2-4-13)9-12-5-7-18-8-6-12/h1-8,10H,9,17H2,(H,21,22). The summed E-state index contributed by atoms with van der Waals surface area (Å²) in [5.41, 5.74) is 8.85. The number of carbonyl (C=O) groups is 1. The SMILES string of the molecule is Nc1c(C(=O)O)cnn1-c1ccc(Cc2ccncc2)cc1. The Morgan fingerprint density at radius 3 is 2.32 bits per heavy atom. The highest BCUT2D eigenvalue weighted by Crippen LogP contribution is 2.18. The molecule has 6 nitrogen and oxygen atoms in total. The molecule has 0 amide bonds. The smallest absolute Gasteiger partial charge is 0.341 e. The third kappa shape index (κ3) is 2.67. The fourth-order valence-electron chi connectivity index (χ4n) is 2.22. The van der Waals surface area contributed by atoms with E-state index in [1.165, 1.54) is 16.4 Å². The molecule has 0 aliphatic heterocycles. The third-order valence-corrected chi connectivity index (χ3v) is 3.38. The van der Waals surface area contributed by atoms with Gasteiger partial charge >= 0.3 is 5.97 Å². The summed E-state index contributed by atoms with van der Waals surface area (Å²) >= 11 is 0. The fraction of sp³-hybridized carbons (Fsp3) is 0.0625. The van der Waals surface area contributed by atoms with E-state index in [-0.39, 0.29) is 11.4 Å². The number of anilines is 1. The van der Waals surface area contributed by atoms with Crippen LogP contribution in [0.15, 0.2) is 55.0 Å². The van der Waals surface area contributed by atoms with Gasteiger partial charge in [-0.05, 0) is 41.8 Å². The number of hydrogen-bond acceptors (Lipinski definition) is 4. The second-order valence-electron chi connectivity index (χ2n) is 4.86. The Morgan fingerprint density at radius 2 is 1.73 bits per heavy atom. The lowest BCUT2D eigenvalue weighted by molar-refractivity contribution is 0.0698. The molecular weight excluding hydrogens is 280 g/mol. The molecule has 0 aliphatic carbocycles. The molecule has 0 aliphatic rings. The highest BCUT2D eigenvalue weighted by molar-refractivity contribution is 5.92. The number of aromatic carboxylic acids is 1. The number of rotatable bonds is 4. The summed E-state index contributed by atoms with van der Waals surface area (Å²) in [6.07, 6.45) is 5.59. The monoisotopic (exact) mass is 294 g/mol. The minimum atomic E-state index is -1.09. The lowest BCUT2D eigenvalue weighted by atomic mass is 10.1. The van der Waals surface area contributed by atoms with E-state index in [4.69, 9.17) is 10.8 Å². The quantitative estimate of drug-likeness (QED) is 0.768. The van der Waals surface area contributed by atoms with Crippen molar-refractivity contribution in [2.45, 2.75) is 6.42 Å². The van der Waals surface area contributed by atoms with E-state index in [0.29, 0.717) is 0 Å². The van der Waals surface area contributed by atoms with Gasteiger partial charge < -0.3 is 10.8 Å². The third-order valence-electron chi connectivity index (χ3n) is 3.38.